The van der Waals surface area contributed by atoms with Crippen LogP contribution in [0.25, 0.3) is 0 Å². The van der Waals surface area contributed by atoms with Gasteiger partial charge in [0.2, 0.25) is 5.91 Å². The summed E-state index contributed by atoms with van der Waals surface area (Å²) in [4.78, 5) is 43.8. The summed E-state index contributed by atoms with van der Waals surface area (Å²) in [6.45, 7) is 8.71. The first-order chi connectivity index (χ1) is 20.0. The number of benzene rings is 1. The SMILES string of the molecule is CCC1=C(COC(=O)/C(C)=C/N(c2c(C=O)cc(F)c(N3CCC(NC)C3)c2P)C2CC2)C(C)C2C([C@H](C)O)C(=O)N12. The zero-order valence-corrected chi connectivity index (χ0v) is 26.2. The molecule has 11 heteroatoms. The van der Waals surface area contributed by atoms with Gasteiger partial charge in [-0.1, -0.05) is 13.8 Å². The highest BCUT2D eigenvalue weighted by molar-refractivity contribution is 7.28. The maximum absolute atomic E-state index is 15.3. The predicted molar refractivity (Wildman–Crippen MR) is 163 cm³/mol. The molecule has 1 aromatic rings. The maximum atomic E-state index is 15.3. The lowest BCUT2D eigenvalue weighted by molar-refractivity contribution is -0.160. The molecule has 6 atom stereocenters. The smallest absolute Gasteiger partial charge is 0.335 e. The summed E-state index contributed by atoms with van der Waals surface area (Å²) in [7, 11) is 4.53. The first-order valence-electron chi connectivity index (χ1n) is 14.9. The number of amides is 1. The standard InChI is InChI=1S/C31H42FN4O5P/c1-6-24-22(17(3)26-25(18(4)38)30(39)36(24)26)15-41-31(40)16(2)12-35(21-7-8-21)27-19(14-37)11-23(32)28(29(27)42)34-10-9-20(13-34)33-5/h11-12,14,17-18,20-21,25-26,33,38H,6-10,13,15,42H2,1-5H3/b16-12+/t17?,18-,20?,25?,26?/m0/s1. The monoisotopic (exact) mass is 600 g/mol. The Labute approximate surface area is 249 Å². The van der Waals surface area contributed by atoms with Crippen molar-refractivity contribution >= 4 is 44.1 Å². The number of aliphatic hydroxyl groups is 1. The van der Waals surface area contributed by atoms with E-state index in [1.165, 1.54) is 6.07 Å². The molecule has 0 radical (unpaired) electrons. The number of hydrogen-bond acceptors (Lipinski definition) is 8. The molecule has 228 valence electrons. The number of carbonyl (C=O) groups is 3. The normalized spacial score (nSPS) is 26.4. The van der Waals surface area contributed by atoms with Gasteiger partial charge in [-0.25, -0.2) is 9.18 Å². The third-order valence-electron chi connectivity index (χ3n) is 9.31. The molecule has 5 unspecified atom stereocenters. The third-order valence-corrected chi connectivity index (χ3v) is 9.86. The van der Waals surface area contributed by atoms with Crippen LogP contribution in [0.2, 0.25) is 0 Å². The maximum Gasteiger partial charge on any atom is 0.335 e. The topological polar surface area (TPSA) is 102 Å². The Morgan fingerprint density at radius 3 is 2.64 bits per heavy atom. The third kappa shape index (κ3) is 5.26. The van der Waals surface area contributed by atoms with Crippen molar-refractivity contribution < 1.29 is 28.6 Å². The minimum absolute atomic E-state index is 0.0298. The van der Waals surface area contributed by atoms with Crippen LogP contribution in [0.3, 0.4) is 0 Å². The minimum Gasteiger partial charge on any atom is -0.458 e. The van der Waals surface area contributed by atoms with E-state index in [0.29, 0.717) is 48.0 Å². The van der Waals surface area contributed by atoms with E-state index in [4.69, 9.17) is 4.74 Å². The fourth-order valence-corrected chi connectivity index (χ4v) is 7.53. The molecule has 3 heterocycles. The van der Waals surface area contributed by atoms with Gasteiger partial charge in [0.25, 0.3) is 0 Å². The Balaban J connectivity index is 1.38. The van der Waals surface area contributed by atoms with Gasteiger partial charge >= 0.3 is 5.97 Å². The molecule has 2 saturated heterocycles. The lowest BCUT2D eigenvalue weighted by atomic mass is 9.78. The summed E-state index contributed by atoms with van der Waals surface area (Å²) in [6.07, 6.45) is 4.94. The molecule has 0 bridgehead atoms. The van der Waals surface area contributed by atoms with Gasteiger partial charge in [-0.15, -0.1) is 9.24 Å². The number of aliphatic hydroxyl groups excluding tert-OH is 1. The van der Waals surface area contributed by atoms with E-state index in [-0.39, 0.29) is 42.1 Å². The number of carbonyl (C=O) groups excluding carboxylic acids is 3. The van der Waals surface area contributed by atoms with Crippen molar-refractivity contribution in [3.8, 4) is 0 Å². The number of fused-ring (bicyclic) bond motifs is 1. The van der Waals surface area contributed by atoms with Crippen LogP contribution in [0.15, 0.2) is 29.1 Å². The van der Waals surface area contributed by atoms with Crippen molar-refractivity contribution in [2.75, 3.05) is 36.5 Å². The Kier molecular flexibility index (Phi) is 8.80. The second-order valence-electron chi connectivity index (χ2n) is 12.0. The van der Waals surface area contributed by atoms with Crippen LogP contribution in [0.4, 0.5) is 15.8 Å². The Bertz CT molecular complexity index is 1340. The predicted octanol–water partition coefficient (Wildman–Crippen LogP) is 2.87. The minimum atomic E-state index is -0.736. The van der Waals surface area contributed by atoms with Crippen molar-refractivity contribution in [2.45, 2.75) is 77.6 Å². The second kappa shape index (κ2) is 12.1. The number of anilines is 2. The number of aldehydes is 1. The Morgan fingerprint density at radius 2 is 2.07 bits per heavy atom. The summed E-state index contributed by atoms with van der Waals surface area (Å²) in [5, 5.41) is 14.0. The Hall–Kier alpha value is -2.81. The number of β-lactam (4-membered cyclic amide) rings is 1. The number of rotatable bonds is 11. The number of likely N-dealkylation sites (N-methyl/N-ethyl adjacent to an activating group) is 1. The second-order valence-corrected chi connectivity index (χ2v) is 12.6. The molecule has 3 aliphatic heterocycles. The van der Waals surface area contributed by atoms with Crippen molar-refractivity contribution in [2.24, 2.45) is 11.8 Å². The number of ether oxygens (including phenoxy) is 1. The van der Waals surface area contributed by atoms with Gasteiger partial charge in [0.1, 0.15) is 12.4 Å². The van der Waals surface area contributed by atoms with Crippen molar-refractivity contribution in [1.29, 1.82) is 0 Å². The molecule has 9 nitrogen and oxygen atoms in total. The van der Waals surface area contributed by atoms with Gasteiger partial charge in [-0.2, -0.15) is 0 Å². The van der Waals surface area contributed by atoms with Crippen LogP contribution in [0.5, 0.6) is 0 Å². The lowest BCUT2D eigenvalue weighted by Gasteiger charge is -2.47. The van der Waals surface area contributed by atoms with E-state index in [2.05, 4.69) is 14.6 Å². The summed E-state index contributed by atoms with van der Waals surface area (Å²) in [5.41, 5.74) is 3.41. The van der Waals surface area contributed by atoms with E-state index in [1.807, 2.05) is 30.7 Å². The van der Waals surface area contributed by atoms with Crippen molar-refractivity contribution in [3.63, 3.8) is 0 Å². The van der Waals surface area contributed by atoms with Crippen LogP contribution in [-0.4, -0.2) is 79.1 Å². The molecule has 4 aliphatic rings. The van der Waals surface area contributed by atoms with Gasteiger partial charge in [0, 0.05) is 53.9 Å². The molecule has 0 spiro atoms. The van der Waals surface area contributed by atoms with Gasteiger partial charge in [-0.05, 0) is 58.2 Å². The van der Waals surface area contributed by atoms with E-state index in [0.717, 1.165) is 30.5 Å². The van der Waals surface area contributed by atoms with E-state index in [9.17, 15) is 19.5 Å². The largest absolute Gasteiger partial charge is 0.458 e. The lowest BCUT2D eigenvalue weighted by Crippen LogP contribution is -2.63. The zero-order valence-electron chi connectivity index (χ0n) is 25.0. The first-order valence-corrected chi connectivity index (χ1v) is 15.5. The number of nitrogens with one attached hydrogen (secondary N) is 1. The van der Waals surface area contributed by atoms with Gasteiger partial charge in [-0.3, -0.25) is 9.59 Å². The van der Waals surface area contributed by atoms with Gasteiger partial charge in [0.05, 0.1) is 35.0 Å². The summed E-state index contributed by atoms with van der Waals surface area (Å²) >= 11 is 0. The van der Waals surface area contributed by atoms with Crippen LogP contribution < -0.4 is 20.4 Å². The molecule has 1 aromatic carbocycles. The molecule has 0 aromatic heterocycles. The molecular weight excluding hydrogens is 558 g/mol. The highest BCUT2D eigenvalue weighted by Gasteiger charge is 2.57. The quantitative estimate of drug-likeness (QED) is 0.132. The molecule has 1 amide bonds. The first kappa shape index (κ1) is 30.6. The average molecular weight is 601 g/mol. The highest BCUT2D eigenvalue weighted by atomic mass is 31.0. The number of nitrogens with zero attached hydrogens (tertiary/aromatic N) is 3. The summed E-state index contributed by atoms with van der Waals surface area (Å²) in [5.74, 6) is -1.49. The van der Waals surface area contributed by atoms with E-state index < -0.39 is 23.8 Å². The molecule has 1 aliphatic carbocycles. The van der Waals surface area contributed by atoms with E-state index in [1.54, 1.807) is 24.9 Å². The van der Waals surface area contributed by atoms with Crippen LogP contribution in [0.1, 0.15) is 63.7 Å². The number of hydrogen-bond donors (Lipinski definition) is 2. The average Bonchev–Trinajstić information content (AvgIpc) is 3.64. The zero-order chi connectivity index (χ0) is 30.5. The van der Waals surface area contributed by atoms with Crippen LogP contribution in [0, 0.1) is 17.7 Å². The number of allylic oxidation sites excluding steroid dienone is 1. The molecule has 3 fully saturated rings. The fraction of sp³-hybridized carbons (Fsp3) is 0.581. The van der Waals surface area contributed by atoms with Crippen LogP contribution in [-0.2, 0) is 14.3 Å². The summed E-state index contributed by atoms with van der Waals surface area (Å²) in [6, 6.07) is 1.52. The summed E-state index contributed by atoms with van der Waals surface area (Å²) < 4.78 is 21.1. The molecule has 42 heavy (non-hydrogen) atoms. The fourth-order valence-electron chi connectivity index (χ4n) is 6.90. The highest BCUT2D eigenvalue weighted by Crippen LogP contribution is 2.48. The molecule has 2 N–H and O–H groups in total. The van der Waals surface area contributed by atoms with Crippen molar-refractivity contribution in [1.82, 2.24) is 10.2 Å². The number of esters is 1. The van der Waals surface area contributed by atoms with Gasteiger partial charge < -0.3 is 29.9 Å². The molecule has 5 rings (SSSR count). The molecular formula is C31H42FN4O5P. The van der Waals surface area contributed by atoms with Crippen LogP contribution >= 0.6 is 9.24 Å². The molecule has 1 saturated carbocycles. The van der Waals surface area contributed by atoms with E-state index >= 15 is 4.39 Å². The van der Waals surface area contributed by atoms with Crippen molar-refractivity contribution in [3.05, 3.63) is 40.5 Å². The van der Waals surface area contributed by atoms with Gasteiger partial charge in [0.15, 0.2) is 6.29 Å². The number of halogens is 1. The Morgan fingerprint density at radius 1 is 1.36 bits per heavy atom.